The van der Waals surface area contributed by atoms with Crippen LogP contribution in [0, 0.1) is 0 Å². The Morgan fingerprint density at radius 3 is 2.65 bits per heavy atom. The maximum atomic E-state index is 12.9. The van der Waals surface area contributed by atoms with E-state index in [2.05, 4.69) is 10.2 Å². The monoisotopic (exact) mass is 477 g/mol. The number of hydrogen-bond acceptors (Lipinski definition) is 9. The van der Waals surface area contributed by atoms with Crippen molar-refractivity contribution in [3.8, 4) is 10.8 Å². The topological polar surface area (TPSA) is 126 Å². The molecular weight excluding hydrogens is 462 g/mol. The van der Waals surface area contributed by atoms with Crippen LogP contribution in [0.5, 0.6) is 0 Å². The van der Waals surface area contributed by atoms with Gasteiger partial charge in [0, 0.05) is 24.2 Å². The van der Waals surface area contributed by atoms with E-state index in [1.807, 2.05) is 24.3 Å². The first kappa shape index (κ1) is 21.3. The SMILES string of the molecule is C[C@@H](Sc1nnc(-c2sc3ccccc3c2Cl)o1)C(=O)c1c(N)n(C)c(=O)n(C)c1=O. The molecule has 3 heterocycles. The minimum atomic E-state index is -0.765. The van der Waals surface area contributed by atoms with Gasteiger partial charge in [0.15, 0.2) is 5.78 Å². The molecular formula is C19H16ClN5O4S2. The zero-order valence-corrected chi connectivity index (χ0v) is 19.0. The number of nitrogen functional groups attached to an aromatic ring is 1. The quantitative estimate of drug-likeness (QED) is 0.343. The van der Waals surface area contributed by atoms with Crippen molar-refractivity contribution >= 4 is 56.4 Å². The number of aromatic nitrogens is 4. The van der Waals surface area contributed by atoms with Gasteiger partial charge in [0.1, 0.15) is 16.3 Å². The molecule has 3 aromatic heterocycles. The summed E-state index contributed by atoms with van der Waals surface area (Å²) in [6.07, 6.45) is 0. The number of halogens is 1. The second-order valence-electron chi connectivity index (χ2n) is 6.70. The molecule has 0 aliphatic rings. The van der Waals surface area contributed by atoms with Crippen molar-refractivity contribution in [1.29, 1.82) is 0 Å². The molecule has 0 saturated heterocycles. The van der Waals surface area contributed by atoms with Crippen LogP contribution in [0.2, 0.25) is 5.02 Å². The van der Waals surface area contributed by atoms with E-state index >= 15 is 0 Å². The molecule has 0 fully saturated rings. The molecule has 0 saturated carbocycles. The van der Waals surface area contributed by atoms with E-state index in [0.29, 0.717) is 9.90 Å². The standard InChI is InChI=1S/C19H16ClN5O4S2/c1-8(13(26)11-15(21)24(2)19(28)25(3)17(11)27)30-18-23-22-16(29-18)14-12(20)9-6-4-5-7-10(9)31-14/h4-8H,21H2,1-3H3/t8-/m1/s1. The van der Waals surface area contributed by atoms with Crippen molar-refractivity contribution in [3.05, 3.63) is 55.7 Å². The normalized spacial score (nSPS) is 12.4. The number of benzene rings is 1. The largest absolute Gasteiger partial charge is 0.410 e. The van der Waals surface area contributed by atoms with Gasteiger partial charge in [-0.1, -0.05) is 41.6 Å². The Balaban J connectivity index is 1.62. The Kier molecular flexibility index (Phi) is 5.50. The first-order chi connectivity index (χ1) is 14.7. The van der Waals surface area contributed by atoms with Crippen LogP contribution in [-0.2, 0) is 14.1 Å². The summed E-state index contributed by atoms with van der Waals surface area (Å²) in [6, 6.07) is 7.65. The summed E-state index contributed by atoms with van der Waals surface area (Å²) in [5.41, 5.74) is 4.26. The van der Waals surface area contributed by atoms with Gasteiger partial charge in [-0.05, 0) is 13.0 Å². The number of carbonyl (C=O) groups is 1. The van der Waals surface area contributed by atoms with E-state index in [1.54, 1.807) is 6.92 Å². The fourth-order valence-corrected chi connectivity index (χ4v) is 5.18. The smallest absolute Gasteiger partial charge is 0.332 e. The molecule has 31 heavy (non-hydrogen) atoms. The predicted octanol–water partition coefficient (Wildman–Crippen LogP) is 2.95. The summed E-state index contributed by atoms with van der Waals surface area (Å²) < 4.78 is 8.59. The van der Waals surface area contributed by atoms with Crippen LogP contribution < -0.4 is 17.0 Å². The number of Topliss-reactive ketones (excluding diaryl/α,β-unsaturated/α-hetero) is 1. The molecule has 1 aromatic carbocycles. The van der Waals surface area contributed by atoms with Gasteiger partial charge < -0.3 is 10.2 Å². The molecule has 4 aromatic rings. The molecule has 0 aliphatic heterocycles. The fourth-order valence-electron chi connectivity index (χ4n) is 3.00. The van der Waals surface area contributed by atoms with Crippen molar-refractivity contribution in [2.45, 2.75) is 17.4 Å². The third-order valence-corrected chi connectivity index (χ3v) is 7.34. The molecule has 0 spiro atoms. The third kappa shape index (κ3) is 3.58. The third-order valence-electron chi connectivity index (χ3n) is 4.74. The second kappa shape index (κ2) is 7.98. The highest BCUT2D eigenvalue weighted by Gasteiger charge is 2.27. The van der Waals surface area contributed by atoms with Gasteiger partial charge in [0.05, 0.1) is 10.3 Å². The van der Waals surface area contributed by atoms with Gasteiger partial charge >= 0.3 is 5.69 Å². The first-order valence-electron chi connectivity index (χ1n) is 8.98. The molecule has 160 valence electrons. The van der Waals surface area contributed by atoms with Gasteiger partial charge in [-0.15, -0.1) is 21.5 Å². The van der Waals surface area contributed by atoms with Crippen LogP contribution >= 0.6 is 34.7 Å². The van der Waals surface area contributed by atoms with E-state index in [-0.39, 0.29) is 22.5 Å². The summed E-state index contributed by atoms with van der Waals surface area (Å²) in [4.78, 5) is 38.0. The average molecular weight is 478 g/mol. The van der Waals surface area contributed by atoms with Crippen LogP contribution in [0.1, 0.15) is 17.3 Å². The zero-order chi connectivity index (χ0) is 22.4. The molecule has 0 radical (unpaired) electrons. The molecule has 12 heteroatoms. The number of hydrogen-bond donors (Lipinski definition) is 1. The molecule has 1 atom stereocenters. The minimum absolute atomic E-state index is 0.143. The zero-order valence-electron chi connectivity index (χ0n) is 16.6. The Hall–Kier alpha value is -2.89. The van der Waals surface area contributed by atoms with Crippen molar-refractivity contribution < 1.29 is 9.21 Å². The maximum Gasteiger partial charge on any atom is 0.332 e. The number of ketones is 1. The fraction of sp³-hybridized carbons (Fsp3) is 0.211. The van der Waals surface area contributed by atoms with Crippen LogP contribution in [0.4, 0.5) is 5.82 Å². The molecule has 0 aliphatic carbocycles. The summed E-state index contributed by atoms with van der Waals surface area (Å²) >= 11 is 8.87. The van der Waals surface area contributed by atoms with Gasteiger partial charge in [0.25, 0.3) is 16.7 Å². The van der Waals surface area contributed by atoms with E-state index in [1.165, 1.54) is 25.4 Å². The highest BCUT2D eigenvalue weighted by Crippen LogP contribution is 2.42. The molecule has 0 amide bonds. The lowest BCUT2D eigenvalue weighted by atomic mass is 10.1. The summed E-state index contributed by atoms with van der Waals surface area (Å²) in [6.45, 7) is 1.59. The lowest BCUT2D eigenvalue weighted by Gasteiger charge is -2.13. The van der Waals surface area contributed by atoms with Gasteiger partial charge in [-0.2, -0.15) is 0 Å². The number of carbonyl (C=O) groups excluding carboxylic acids is 1. The van der Waals surface area contributed by atoms with Crippen molar-refractivity contribution in [3.63, 3.8) is 0 Å². The molecule has 2 N–H and O–H groups in total. The van der Waals surface area contributed by atoms with Gasteiger partial charge in [0.2, 0.25) is 0 Å². The summed E-state index contributed by atoms with van der Waals surface area (Å²) in [5, 5.41) is 8.82. The molecule has 4 rings (SSSR count). The van der Waals surface area contributed by atoms with Crippen molar-refractivity contribution in [1.82, 2.24) is 19.3 Å². The highest BCUT2D eigenvalue weighted by atomic mass is 35.5. The molecule has 0 bridgehead atoms. The maximum absolute atomic E-state index is 12.9. The number of thioether (sulfide) groups is 1. The van der Waals surface area contributed by atoms with Crippen LogP contribution in [0.25, 0.3) is 20.9 Å². The molecule has 9 nitrogen and oxygen atoms in total. The second-order valence-corrected chi connectivity index (χ2v) is 9.43. The first-order valence-corrected chi connectivity index (χ1v) is 11.0. The van der Waals surface area contributed by atoms with Crippen LogP contribution in [0.3, 0.4) is 0 Å². The number of nitrogens with two attached hydrogens (primary N) is 1. The van der Waals surface area contributed by atoms with Gasteiger partial charge in [-0.25, -0.2) is 4.79 Å². The van der Waals surface area contributed by atoms with E-state index < -0.39 is 22.3 Å². The lowest BCUT2D eigenvalue weighted by Crippen LogP contribution is -2.42. The van der Waals surface area contributed by atoms with Gasteiger partial charge in [-0.3, -0.25) is 18.7 Å². The molecule has 0 unspecified atom stereocenters. The number of nitrogens with zero attached hydrogens (tertiary/aromatic N) is 4. The van der Waals surface area contributed by atoms with Crippen molar-refractivity contribution in [2.75, 3.05) is 5.73 Å². The average Bonchev–Trinajstić information content (AvgIpc) is 3.35. The van der Waals surface area contributed by atoms with E-state index in [9.17, 15) is 14.4 Å². The Morgan fingerprint density at radius 2 is 1.94 bits per heavy atom. The Bertz CT molecular complexity index is 1450. The number of thiophene rings is 1. The number of anilines is 1. The lowest BCUT2D eigenvalue weighted by molar-refractivity contribution is 0.0991. The van der Waals surface area contributed by atoms with Crippen LogP contribution in [0.15, 0.2) is 43.5 Å². The van der Waals surface area contributed by atoms with Crippen LogP contribution in [-0.4, -0.2) is 30.4 Å². The van der Waals surface area contributed by atoms with E-state index in [0.717, 1.165) is 31.0 Å². The van der Waals surface area contributed by atoms with Crippen molar-refractivity contribution in [2.24, 2.45) is 14.1 Å². The highest BCUT2D eigenvalue weighted by molar-refractivity contribution is 8.00. The Labute approximate surface area is 188 Å². The number of rotatable bonds is 5. The number of fused-ring (bicyclic) bond motifs is 1. The van der Waals surface area contributed by atoms with E-state index in [4.69, 9.17) is 21.8 Å². The predicted molar refractivity (Wildman–Crippen MR) is 121 cm³/mol. The summed E-state index contributed by atoms with van der Waals surface area (Å²) in [7, 11) is 2.68. The minimum Gasteiger partial charge on any atom is -0.410 e. The summed E-state index contributed by atoms with van der Waals surface area (Å²) in [5.74, 6) is -0.488. The Morgan fingerprint density at radius 1 is 1.23 bits per heavy atom.